The van der Waals surface area contributed by atoms with Crippen LogP contribution in [0.5, 0.6) is 0 Å². The summed E-state index contributed by atoms with van der Waals surface area (Å²) in [5.74, 6) is 0.650. The lowest BCUT2D eigenvalue weighted by molar-refractivity contribution is 0.00677. The Hall–Kier alpha value is -0.300. The molecule has 0 saturated carbocycles. The molecule has 0 bridgehead atoms. The second-order valence-corrected chi connectivity index (χ2v) is 6.88. The molecule has 1 heterocycles. The summed E-state index contributed by atoms with van der Waals surface area (Å²) in [5, 5.41) is 0.934. The van der Waals surface area contributed by atoms with Gasteiger partial charge in [0.2, 0.25) is 0 Å². The second kappa shape index (κ2) is 6.04. The van der Waals surface area contributed by atoms with Crippen LogP contribution in [-0.4, -0.2) is 22.3 Å². The fourth-order valence-corrected chi connectivity index (χ4v) is 2.61. The highest BCUT2D eigenvalue weighted by Gasteiger charge is 2.20. The van der Waals surface area contributed by atoms with Crippen molar-refractivity contribution in [1.29, 1.82) is 0 Å². The monoisotopic (exact) mass is 365 g/mol. The minimum Gasteiger partial charge on any atom is -0.456 e. The van der Waals surface area contributed by atoms with Gasteiger partial charge in [0.05, 0.1) is 10.6 Å². The van der Waals surface area contributed by atoms with Crippen LogP contribution in [-0.2, 0) is 4.74 Å². The Morgan fingerprint density at radius 1 is 1.53 bits per heavy atom. The molecular formula is C12H16INO2S. The Morgan fingerprint density at radius 3 is 2.65 bits per heavy atom. The zero-order valence-corrected chi connectivity index (χ0v) is 13.4. The second-order valence-electron chi connectivity index (χ2n) is 4.44. The summed E-state index contributed by atoms with van der Waals surface area (Å²) in [6, 6.07) is 1.91. The van der Waals surface area contributed by atoms with Gasteiger partial charge in [0.25, 0.3) is 0 Å². The molecule has 1 aromatic heterocycles. The third kappa shape index (κ3) is 4.83. The number of ether oxygens (including phenoxy) is 1. The minimum atomic E-state index is -0.475. The van der Waals surface area contributed by atoms with E-state index in [4.69, 9.17) is 4.74 Å². The van der Waals surface area contributed by atoms with Crippen molar-refractivity contribution in [2.75, 3.05) is 5.75 Å². The Bertz CT molecular complexity index is 415. The summed E-state index contributed by atoms with van der Waals surface area (Å²) in [7, 11) is 0. The van der Waals surface area contributed by atoms with Crippen molar-refractivity contribution in [3.8, 4) is 0 Å². The van der Waals surface area contributed by atoms with Crippen molar-refractivity contribution in [2.24, 2.45) is 0 Å². The van der Waals surface area contributed by atoms with Crippen molar-refractivity contribution < 1.29 is 9.53 Å². The predicted octanol–water partition coefficient (Wildman–Crippen LogP) is 3.75. The first kappa shape index (κ1) is 14.8. The molecule has 0 N–H and O–H groups in total. The summed E-state index contributed by atoms with van der Waals surface area (Å²) in [6.45, 7) is 7.63. The van der Waals surface area contributed by atoms with E-state index in [9.17, 15) is 4.79 Å². The standard InChI is InChI=1S/C12H16INO2S/c1-5-17-10-6-9(13)8(7-14-10)11(15)16-12(2,3)4/h6-7H,5H2,1-4H3. The van der Waals surface area contributed by atoms with Crippen LogP contribution >= 0.6 is 34.4 Å². The fraction of sp³-hybridized carbons (Fsp3) is 0.500. The van der Waals surface area contributed by atoms with Crippen molar-refractivity contribution in [3.05, 3.63) is 21.4 Å². The van der Waals surface area contributed by atoms with E-state index in [1.807, 2.05) is 26.8 Å². The fourth-order valence-electron chi connectivity index (χ4n) is 1.12. The summed E-state index contributed by atoms with van der Waals surface area (Å²) in [5.41, 5.74) is 0.0535. The number of hydrogen-bond donors (Lipinski definition) is 0. The molecule has 0 saturated heterocycles. The number of carbonyl (C=O) groups is 1. The number of carbonyl (C=O) groups excluding carboxylic acids is 1. The average molecular weight is 365 g/mol. The third-order valence-corrected chi connectivity index (χ3v) is 3.44. The van der Waals surface area contributed by atoms with Crippen LogP contribution in [0.4, 0.5) is 0 Å². The lowest BCUT2D eigenvalue weighted by Gasteiger charge is -2.19. The van der Waals surface area contributed by atoms with Gasteiger partial charge in [-0.2, -0.15) is 0 Å². The van der Waals surface area contributed by atoms with Gasteiger partial charge < -0.3 is 4.74 Å². The van der Waals surface area contributed by atoms with Gasteiger partial charge in [0.15, 0.2) is 0 Å². The van der Waals surface area contributed by atoms with Gasteiger partial charge in [0.1, 0.15) is 5.60 Å². The molecule has 1 rings (SSSR count). The Kier molecular flexibility index (Phi) is 5.24. The molecule has 0 radical (unpaired) electrons. The van der Waals surface area contributed by atoms with Crippen molar-refractivity contribution in [3.63, 3.8) is 0 Å². The Morgan fingerprint density at radius 2 is 2.18 bits per heavy atom. The van der Waals surface area contributed by atoms with E-state index >= 15 is 0 Å². The lowest BCUT2D eigenvalue weighted by atomic mass is 10.2. The van der Waals surface area contributed by atoms with Crippen LogP contribution in [0.3, 0.4) is 0 Å². The van der Waals surface area contributed by atoms with E-state index in [1.54, 1.807) is 18.0 Å². The lowest BCUT2D eigenvalue weighted by Crippen LogP contribution is -2.24. The number of halogens is 1. The largest absolute Gasteiger partial charge is 0.456 e. The van der Waals surface area contributed by atoms with Crippen LogP contribution < -0.4 is 0 Å². The quantitative estimate of drug-likeness (QED) is 0.465. The smallest absolute Gasteiger partial charge is 0.341 e. The highest BCUT2D eigenvalue weighted by atomic mass is 127. The van der Waals surface area contributed by atoms with Gasteiger partial charge in [-0.1, -0.05) is 6.92 Å². The normalized spacial score (nSPS) is 11.4. The predicted molar refractivity (Wildman–Crippen MR) is 78.5 cm³/mol. The van der Waals surface area contributed by atoms with Crippen LogP contribution in [0.2, 0.25) is 0 Å². The first-order chi connectivity index (χ1) is 7.83. The van der Waals surface area contributed by atoms with E-state index in [0.717, 1.165) is 14.3 Å². The molecular weight excluding hydrogens is 349 g/mol. The first-order valence-electron chi connectivity index (χ1n) is 5.35. The van der Waals surface area contributed by atoms with Crippen molar-refractivity contribution >= 4 is 40.3 Å². The van der Waals surface area contributed by atoms with Crippen molar-refractivity contribution in [1.82, 2.24) is 4.98 Å². The summed E-state index contributed by atoms with van der Waals surface area (Å²) >= 11 is 3.79. The molecule has 0 aliphatic carbocycles. The zero-order chi connectivity index (χ0) is 13.1. The molecule has 0 aliphatic heterocycles. The number of aromatic nitrogens is 1. The molecule has 0 atom stereocenters. The number of pyridine rings is 1. The summed E-state index contributed by atoms with van der Waals surface area (Å²) in [4.78, 5) is 16.1. The maximum absolute atomic E-state index is 11.9. The van der Waals surface area contributed by atoms with E-state index < -0.39 is 5.60 Å². The van der Waals surface area contributed by atoms with E-state index in [-0.39, 0.29) is 5.97 Å². The molecule has 5 heteroatoms. The highest BCUT2D eigenvalue weighted by molar-refractivity contribution is 14.1. The number of nitrogens with zero attached hydrogens (tertiary/aromatic N) is 1. The van der Waals surface area contributed by atoms with Gasteiger partial charge in [0, 0.05) is 9.77 Å². The molecule has 0 spiro atoms. The Balaban J connectivity index is 2.88. The molecule has 0 aromatic carbocycles. The van der Waals surface area contributed by atoms with E-state index in [2.05, 4.69) is 34.5 Å². The molecule has 17 heavy (non-hydrogen) atoms. The van der Waals surface area contributed by atoms with Gasteiger partial charge in [-0.3, -0.25) is 0 Å². The number of hydrogen-bond acceptors (Lipinski definition) is 4. The summed E-state index contributed by atoms with van der Waals surface area (Å²) < 4.78 is 6.19. The Labute approximate surface area is 120 Å². The average Bonchev–Trinajstić information content (AvgIpc) is 2.15. The van der Waals surface area contributed by atoms with Crippen LogP contribution in [0.15, 0.2) is 17.3 Å². The molecule has 0 unspecified atom stereocenters. The van der Waals surface area contributed by atoms with Gasteiger partial charge in [-0.05, 0) is 55.2 Å². The highest BCUT2D eigenvalue weighted by Crippen LogP contribution is 2.21. The zero-order valence-electron chi connectivity index (χ0n) is 10.4. The molecule has 0 aliphatic rings. The molecule has 0 amide bonds. The number of thioether (sulfide) groups is 1. The van der Waals surface area contributed by atoms with Crippen LogP contribution in [0.25, 0.3) is 0 Å². The summed E-state index contributed by atoms with van der Waals surface area (Å²) in [6.07, 6.45) is 1.59. The van der Waals surface area contributed by atoms with Gasteiger partial charge >= 0.3 is 5.97 Å². The number of rotatable bonds is 3. The maximum Gasteiger partial charge on any atom is 0.341 e. The molecule has 1 aromatic rings. The minimum absolute atomic E-state index is 0.317. The molecule has 94 valence electrons. The first-order valence-corrected chi connectivity index (χ1v) is 7.41. The molecule has 3 nitrogen and oxygen atoms in total. The van der Waals surface area contributed by atoms with Crippen LogP contribution in [0.1, 0.15) is 38.1 Å². The maximum atomic E-state index is 11.9. The van der Waals surface area contributed by atoms with Crippen molar-refractivity contribution in [2.45, 2.75) is 38.3 Å². The molecule has 0 fully saturated rings. The third-order valence-electron chi connectivity index (χ3n) is 1.74. The van der Waals surface area contributed by atoms with E-state index in [0.29, 0.717) is 5.56 Å². The van der Waals surface area contributed by atoms with Gasteiger partial charge in [-0.25, -0.2) is 9.78 Å². The topological polar surface area (TPSA) is 39.2 Å². The number of esters is 1. The SMILES string of the molecule is CCSc1cc(I)c(C(=O)OC(C)(C)C)cn1. The van der Waals surface area contributed by atoms with E-state index in [1.165, 1.54) is 0 Å². The van der Waals surface area contributed by atoms with Gasteiger partial charge in [-0.15, -0.1) is 11.8 Å². The van der Waals surface area contributed by atoms with Crippen LogP contribution in [0, 0.1) is 3.57 Å².